The minimum absolute atomic E-state index is 0.107. The number of hydrogen-bond donors (Lipinski definition) is 1. The molecular weight excluding hydrogens is 276 g/mol. The van der Waals surface area contributed by atoms with Crippen molar-refractivity contribution in [3.05, 3.63) is 27.1 Å². The SMILES string of the molecule is CC1(NCc2ccc([N+](=O)[O-])s2)CCS(=O)(=O)C1. The van der Waals surface area contributed by atoms with Crippen LogP contribution in [0.25, 0.3) is 0 Å². The van der Waals surface area contributed by atoms with Crippen molar-refractivity contribution in [2.24, 2.45) is 0 Å². The van der Waals surface area contributed by atoms with Gasteiger partial charge in [-0.3, -0.25) is 10.1 Å². The van der Waals surface area contributed by atoms with Crippen LogP contribution in [0.2, 0.25) is 0 Å². The third-order valence-corrected chi connectivity index (χ3v) is 5.96. The summed E-state index contributed by atoms with van der Waals surface area (Å²) in [6, 6.07) is 3.16. The average Bonchev–Trinajstić information content (AvgIpc) is 2.81. The fourth-order valence-corrected chi connectivity index (χ4v) is 4.89. The standard InChI is InChI=1S/C10H14N2O4S2/c1-10(4-5-18(15,16)7-10)11-6-8-2-3-9(17-8)12(13)14/h2-3,11H,4-7H2,1H3. The molecule has 1 N–H and O–H groups in total. The molecule has 1 aliphatic heterocycles. The Hall–Kier alpha value is -0.990. The van der Waals surface area contributed by atoms with E-state index in [0.717, 1.165) is 16.2 Å². The summed E-state index contributed by atoms with van der Waals surface area (Å²) in [5.41, 5.74) is -0.419. The first-order valence-corrected chi connectivity index (χ1v) is 8.12. The fraction of sp³-hybridized carbons (Fsp3) is 0.600. The molecule has 0 aromatic carbocycles. The van der Waals surface area contributed by atoms with Crippen LogP contribution in [0.5, 0.6) is 0 Å². The molecule has 0 amide bonds. The third kappa shape index (κ3) is 3.06. The van der Waals surface area contributed by atoms with E-state index in [1.807, 2.05) is 6.92 Å². The Bertz CT molecular complexity index is 566. The molecule has 1 saturated heterocycles. The summed E-state index contributed by atoms with van der Waals surface area (Å²) < 4.78 is 22.8. The molecule has 2 heterocycles. The van der Waals surface area contributed by atoms with Crippen LogP contribution in [0.4, 0.5) is 5.00 Å². The van der Waals surface area contributed by atoms with Crippen molar-refractivity contribution in [2.75, 3.05) is 11.5 Å². The molecule has 0 radical (unpaired) electrons. The monoisotopic (exact) mass is 290 g/mol. The lowest BCUT2D eigenvalue weighted by molar-refractivity contribution is -0.380. The van der Waals surface area contributed by atoms with Crippen LogP contribution < -0.4 is 5.32 Å². The number of hydrogen-bond acceptors (Lipinski definition) is 6. The van der Waals surface area contributed by atoms with Crippen LogP contribution in [0.3, 0.4) is 0 Å². The van der Waals surface area contributed by atoms with Gasteiger partial charge in [0.2, 0.25) is 0 Å². The molecule has 1 aliphatic rings. The Morgan fingerprint density at radius 1 is 1.56 bits per heavy atom. The van der Waals surface area contributed by atoms with Gasteiger partial charge in [0.15, 0.2) is 9.84 Å². The summed E-state index contributed by atoms with van der Waals surface area (Å²) in [5.74, 6) is 0.342. The van der Waals surface area contributed by atoms with Gasteiger partial charge in [0.1, 0.15) is 0 Å². The fourth-order valence-electron chi connectivity index (χ4n) is 2.01. The van der Waals surface area contributed by atoms with Gasteiger partial charge in [0.05, 0.1) is 16.4 Å². The van der Waals surface area contributed by atoms with Crippen molar-refractivity contribution in [2.45, 2.75) is 25.4 Å². The second-order valence-electron chi connectivity index (χ2n) is 4.75. The molecule has 1 fully saturated rings. The summed E-state index contributed by atoms with van der Waals surface area (Å²) in [7, 11) is -2.93. The second kappa shape index (κ2) is 4.60. The molecular formula is C10H14N2O4S2. The maximum Gasteiger partial charge on any atom is 0.324 e. The molecule has 0 saturated carbocycles. The summed E-state index contributed by atoms with van der Waals surface area (Å²) in [5, 5.41) is 13.8. The molecule has 0 spiro atoms. The maximum atomic E-state index is 11.4. The van der Waals surface area contributed by atoms with Gasteiger partial charge in [-0.2, -0.15) is 0 Å². The third-order valence-electron chi connectivity index (χ3n) is 3.02. The van der Waals surface area contributed by atoms with Crippen molar-refractivity contribution in [1.82, 2.24) is 5.32 Å². The van der Waals surface area contributed by atoms with Crippen molar-refractivity contribution in [3.63, 3.8) is 0 Å². The van der Waals surface area contributed by atoms with Gasteiger partial charge in [-0.25, -0.2) is 8.42 Å². The van der Waals surface area contributed by atoms with Crippen LogP contribution in [0.1, 0.15) is 18.2 Å². The zero-order chi connectivity index (χ0) is 13.4. The minimum Gasteiger partial charge on any atom is -0.306 e. The van der Waals surface area contributed by atoms with Gasteiger partial charge in [0.25, 0.3) is 0 Å². The quantitative estimate of drug-likeness (QED) is 0.667. The number of nitro groups is 1. The second-order valence-corrected chi connectivity index (χ2v) is 8.08. The predicted octanol–water partition coefficient (Wildman–Crippen LogP) is 1.32. The normalized spacial score (nSPS) is 26.3. The van der Waals surface area contributed by atoms with Gasteiger partial charge in [-0.1, -0.05) is 11.3 Å². The zero-order valence-electron chi connectivity index (χ0n) is 9.88. The molecule has 8 heteroatoms. The topological polar surface area (TPSA) is 89.3 Å². The lowest BCUT2D eigenvalue weighted by Crippen LogP contribution is -2.42. The van der Waals surface area contributed by atoms with Crippen molar-refractivity contribution in [1.29, 1.82) is 0 Å². The smallest absolute Gasteiger partial charge is 0.306 e. The number of nitrogens with zero attached hydrogens (tertiary/aromatic N) is 1. The van der Waals surface area contributed by atoms with Crippen molar-refractivity contribution >= 4 is 26.2 Å². The van der Waals surface area contributed by atoms with Crippen molar-refractivity contribution in [3.8, 4) is 0 Å². The van der Waals surface area contributed by atoms with Gasteiger partial charge >= 0.3 is 5.00 Å². The van der Waals surface area contributed by atoms with E-state index in [0.29, 0.717) is 13.0 Å². The van der Waals surface area contributed by atoms with E-state index in [1.165, 1.54) is 6.07 Å². The summed E-state index contributed by atoms with van der Waals surface area (Å²) >= 11 is 1.11. The highest BCUT2D eigenvalue weighted by atomic mass is 32.2. The number of nitrogens with one attached hydrogen (secondary N) is 1. The van der Waals surface area contributed by atoms with Crippen LogP contribution in [-0.4, -0.2) is 30.4 Å². The highest BCUT2D eigenvalue weighted by Crippen LogP contribution is 2.26. The predicted molar refractivity (Wildman–Crippen MR) is 69.5 cm³/mol. The van der Waals surface area contributed by atoms with Gasteiger partial charge in [-0.05, 0) is 19.4 Å². The Kier molecular flexibility index (Phi) is 3.43. The first-order valence-electron chi connectivity index (χ1n) is 5.48. The highest BCUT2D eigenvalue weighted by molar-refractivity contribution is 7.91. The first kappa shape index (κ1) is 13.4. The van der Waals surface area contributed by atoms with E-state index in [9.17, 15) is 18.5 Å². The molecule has 100 valence electrons. The molecule has 0 bridgehead atoms. The van der Waals surface area contributed by atoms with Gasteiger partial charge < -0.3 is 5.32 Å². The molecule has 1 unspecified atom stereocenters. The van der Waals surface area contributed by atoms with E-state index in [1.54, 1.807) is 6.07 Å². The van der Waals surface area contributed by atoms with E-state index in [4.69, 9.17) is 0 Å². The lowest BCUT2D eigenvalue weighted by atomic mass is 10.0. The molecule has 1 atom stereocenters. The average molecular weight is 290 g/mol. The molecule has 1 aromatic rings. The van der Waals surface area contributed by atoms with Gasteiger partial charge in [0, 0.05) is 23.0 Å². The lowest BCUT2D eigenvalue weighted by Gasteiger charge is -2.23. The van der Waals surface area contributed by atoms with Crippen LogP contribution in [-0.2, 0) is 16.4 Å². The number of thiophene rings is 1. The number of sulfone groups is 1. The maximum absolute atomic E-state index is 11.4. The summed E-state index contributed by atoms with van der Waals surface area (Å²) in [6.07, 6.45) is 0.586. The summed E-state index contributed by atoms with van der Waals surface area (Å²) in [4.78, 5) is 11.0. The Morgan fingerprint density at radius 2 is 2.28 bits per heavy atom. The molecule has 18 heavy (non-hydrogen) atoms. The minimum atomic E-state index is -2.93. The Labute approximate surface area is 109 Å². The van der Waals surface area contributed by atoms with E-state index < -0.39 is 20.3 Å². The van der Waals surface area contributed by atoms with E-state index >= 15 is 0 Å². The van der Waals surface area contributed by atoms with Gasteiger partial charge in [-0.15, -0.1) is 0 Å². The zero-order valence-corrected chi connectivity index (χ0v) is 11.5. The Morgan fingerprint density at radius 3 is 2.78 bits per heavy atom. The molecule has 0 aliphatic carbocycles. The van der Waals surface area contributed by atoms with Crippen LogP contribution in [0.15, 0.2) is 12.1 Å². The largest absolute Gasteiger partial charge is 0.324 e. The highest BCUT2D eigenvalue weighted by Gasteiger charge is 2.37. The van der Waals surface area contributed by atoms with Crippen molar-refractivity contribution < 1.29 is 13.3 Å². The molecule has 6 nitrogen and oxygen atoms in total. The number of rotatable bonds is 4. The van der Waals surface area contributed by atoms with Crippen LogP contribution in [0, 0.1) is 10.1 Å². The molecule has 1 aromatic heterocycles. The van der Waals surface area contributed by atoms with E-state index in [2.05, 4.69) is 5.32 Å². The molecule has 2 rings (SSSR count). The van der Waals surface area contributed by atoms with E-state index in [-0.39, 0.29) is 16.5 Å². The first-order chi connectivity index (χ1) is 8.30. The Balaban J connectivity index is 1.97. The van der Waals surface area contributed by atoms with Crippen LogP contribution >= 0.6 is 11.3 Å². The summed E-state index contributed by atoms with van der Waals surface area (Å²) in [6.45, 7) is 2.34.